The molecule has 2 atom stereocenters. The van der Waals surface area contributed by atoms with Gasteiger partial charge in [0, 0.05) is 13.0 Å². The molecule has 0 spiro atoms. The van der Waals surface area contributed by atoms with Gasteiger partial charge in [-0.3, -0.25) is 4.79 Å². The van der Waals surface area contributed by atoms with Crippen molar-refractivity contribution in [3.63, 3.8) is 0 Å². The summed E-state index contributed by atoms with van der Waals surface area (Å²) >= 11 is 0. The normalized spacial score (nSPS) is 21.3. The highest BCUT2D eigenvalue weighted by molar-refractivity contribution is 5.76. The van der Waals surface area contributed by atoms with Crippen LogP contribution in [0.15, 0.2) is 12.7 Å². The summed E-state index contributed by atoms with van der Waals surface area (Å²) in [6, 6.07) is 0. The number of ether oxygens (including phenoxy) is 1. The van der Waals surface area contributed by atoms with Crippen LogP contribution in [0.3, 0.4) is 0 Å². The Morgan fingerprint density at radius 3 is 3.17 bits per heavy atom. The third-order valence-corrected chi connectivity index (χ3v) is 3.45. The molecule has 1 aliphatic heterocycles. The number of carbonyl (C=O) groups excluding carboxylic acids is 1. The molecule has 0 bridgehead atoms. The first-order chi connectivity index (χ1) is 8.74. The summed E-state index contributed by atoms with van der Waals surface area (Å²) < 4.78 is 5.21. The van der Waals surface area contributed by atoms with Gasteiger partial charge in [0.2, 0.25) is 5.91 Å². The Bertz CT molecular complexity index is 250. The largest absolute Gasteiger partial charge is 0.376 e. The lowest BCUT2D eigenvalue weighted by molar-refractivity contribution is -0.122. The molecule has 1 amide bonds. The lowest BCUT2D eigenvalue weighted by Gasteiger charge is -2.28. The van der Waals surface area contributed by atoms with Gasteiger partial charge < -0.3 is 15.4 Å². The lowest BCUT2D eigenvalue weighted by Crippen LogP contribution is -2.36. The molecule has 4 heteroatoms. The van der Waals surface area contributed by atoms with Crippen LogP contribution < -0.4 is 10.6 Å². The van der Waals surface area contributed by atoms with E-state index in [0.717, 1.165) is 13.1 Å². The predicted molar refractivity (Wildman–Crippen MR) is 73.4 cm³/mol. The molecule has 2 N–H and O–H groups in total. The first-order valence-corrected chi connectivity index (χ1v) is 6.90. The van der Waals surface area contributed by atoms with E-state index in [0.29, 0.717) is 38.0 Å². The zero-order valence-corrected chi connectivity index (χ0v) is 11.4. The Morgan fingerprint density at radius 2 is 2.50 bits per heavy atom. The highest BCUT2D eigenvalue weighted by Gasteiger charge is 2.21. The fourth-order valence-electron chi connectivity index (χ4n) is 2.33. The smallest absolute Gasteiger partial charge is 0.220 e. The van der Waals surface area contributed by atoms with Gasteiger partial charge in [0.25, 0.3) is 0 Å². The molecule has 1 saturated heterocycles. The molecule has 0 aromatic rings. The van der Waals surface area contributed by atoms with Crippen LogP contribution in [-0.2, 0) is 9.53 Å². The predicted octanol–water partition coefficient (Wildman–Crippen LogP) is 1.33. The van der Waals surface area contributed by atoms with Crippen molar-refractivity contribution in [2.24, 2.45) is 11.8 Å². The number of nitrogens with one attached hydrogen (secondary N) is 2. The van der Waals surface area contributed by atoms with Gasteiger partial charge in [0.15, 0.2) is 0 Å². The molecule has 0 aromatic carbocycles. The van der Waals surface area contributed by atoms with E-state index < -0.39 is 0 Å². The molecule has 0 aromatic heterocycles. The second-order valence-corrected chi connectivity index (χ2v) is 5.00. The number of amides is 1. The van der Waals surface area contributed by atoms with Crippen LogP contribution >= 0.6 is 0 Å². The van der Waals surface area contributed by atoms with Crippen molar-refractivity contribution < 1.29 is 9.53 Å². The second-order valence-electron chi connectivity index (χ2n) is 5.00. The Hall–Kier alpha value is -0.870. The highest BCUT2D eigenvalue weighted by atomic mass is 16.5. The number of piperidine rings is 1. The van der Waals surface area contributed by atoms with Crippen molar-refractivity contribution in [2.45, 2.75) is 26.2 Å². The molecule has 1 rings (SSSR count). The molecular weight excluding hydrogens is 228 g/mol. The molecule has 1 fully saturated rings. The number of hydrogen-bond acceptors (Lipinski definition) is 3. The molecule has 1 aliphatic rings. The van der Waals surface area contributed by atoms with E-state index in [1.807, 2.05) is 0 Å². The van der Waals surface area contributed by atoms with E-state index >= 15 is 0 Å². The first kappa shape index (κ1) is 15.2. The maximum absolute atomic E-state index is 11.7. The summed E-state index contributed by atoms with van der Waals surface area (Å²) in [7, 11) is 0. The van der Waals surface area contributed by atoms with E-state index in [2.05, 4.69) is 24.1 Å². The topological polar surface area (TPSA) is 50.4 Å². The van der Waals surface area contributed by atoms with Crippen LogP contribution in [0.25, 0.3) is 0 Å². The van der Waals surface area contributed by atoms with Crippen LogP contribution in [0.1, 0.15) is 26.2 Å². The van der Waals surface area contributed by atoms with Crippen LogP contribution in [0.5, 0.6) is 0 Å². The average Bonchev–Trinajstić information content (AvgIpc) is 2.39. The third kappa shape index (κ3) is 6.17. The van der Waals surface area contributed by atoms with Gasteiger partial charge in [-0.25, -0.2) is 0 Å². The molecule has 104 valence electrons. The summed E-state index contributed by atoms with van der Waals surface area (Å²) in [5, 5.41) is 6.29. The van der Waals surface area contributed by atoms with Gasteiger partial charge in [0.05, 0.1) is 13.2 Å². The van der Waals surface area contributed by atoms with E-state index in [1.54, 1.807) is 6.08 Å². The summed E-state index contributed by atoms with van der Waals surface area (Å²) in [6.45, 7) is 9.59. The quantitative estimate of drug-likeness (QED) is 0.507. The number of carbonyl (C=O) groups is 1. The second kappa shape index (κ2) is 9.11. The lowest BCUT2D eigenvalue weighted by atomic mass is 9.85. The van der Waals surface area contributed by atoms with E-state index in [9.17, 15) is 4.79 Å². The monoisotopic (exact) mass is 254 g/mol. The van der Waals surface area contributed by atoms with Crippen molar-refractivity contribution in [1.82, 2.24) is 10.6 Å². The maximum atomic E-state index is 11.7. The van der Waals surface area contributed by atoms with Crippen LogP contribution in [0, 0.1) is 11.8 Å². The Morgan fingerprint density at radius 1 is 1.67 bits per heavy atom. The minimum Gasteiger partial charge on any atom is -0.376 e. The average molecular weight is 254 g/mol. The number of rotatable bonds is 8. The van der Waals surface area contributed by atoms with E-state index in [-0.39, 0.29) is 5.91 Å². The molecule has 1 heterocycles. The third-order valence-electron chi connectivity index (χ3n) is 3.45. The van der Waals surface area contributed by atoms with Gasteiger partial charge in [-0.1, -0.05) is 13.0 Å². The molecular formula is C14H26N2O2. The summed E-state index contributed by atoms with van der Waals surface area (Å²) in [5.41, 5.74) is 0. The highest BCUT2D eigenvalue weighted by Crippen LogP contribution is 2.22. The Balaban J connectivity index is 2.08. The first-order valence-electron chi connectivity index (χ1n) is 6.90. The Kier molecular flexibility index (Phi) is 7.69. The van der Waals surface area contributed by atoms with Crippen molar-refractivity contribution >= 4 is 5.91 Å². The zero-order chi connectivity index (χ0) is 13.2. The SMILES string of the molecule is C=CCOCCNC(=O)CC(C)C1CCCNC1. The van der Waals surface area contributed by atoms with Crippen LogP contribution in [0.2, 0.25) is 0 Å². The van der Waals surface area contributed by atoms with E-state index in [4.69, 9.17) is 4.74 Å². The molecule has 0 aliphatic carbocycles. The maximum Gasteiger partial charge on any atom is 0.220 e. The van der Waals surface area contributed by atoms with Gasteiger partial charge >= 0.3 is 0 Å². The molecule has 2 unspecified atom stereocenters. The Labute approximate surface area is 110 Å². The summed E-state index contributed by atoms with van der Waals surface area (Å²) in [6.07, 6.45) is 4.80. The van der Waals surface area contributed by atoms with Gasteiger partial charge in [-0.2, -0.15) is 0 Å². The van der Waals surface area contributed by atoms with Crippen molar-refractivity contribution in [3.8, 4) is 0 Å². The fraction of sp³-hybridized carbons (Fsp3) is 0.786. The number of hydrogen-bond donors (Lipinski definition) is 2. The van der Waals surface area contributed by atoms with Crippen molar-refractivity contribution in [1.29, 1.82) is 0 Å². The summed E-state index contributed by atoms with van der Waals surface area (Å²) in [4.78, 5) is 11.7. The summed E-state index contributed by atoms with van der Waals surface area (Å²) in [5.74, 6) is 1.23. The van der Waals surface area contributed by atoms with Crippen LogP contribution in [0.4, 0.5) is 0 Å². The van der Waals surface area contributed by atoms with Gasteiger partial charge in [-0.15, -0.1) is 6.58 Å². The minimum absolute atomic E-state index is 0.135. The standard InChI is InChI=1S/C14H26N2O2/c1-3-8-18-9-7-16-14(17)10-12(2)13-5-4-6-15-11-13/h3,12-13,15H,1,4-11H2,2H3,(H,16,17). The molecule has 0 radical (unpaired) electrons. The van der Waals surface area contributed by atoms with E-state index in [1.165, 1.54) is 12.8 Å². The van der Waals surface area contributed by atoms with Crippen LogP contribution in [-0.4, -0.2) is 38.8 Å². The van der Waals surface area contributed by atoms with Crippen molar-refractivity contribution in [2.75, 3.05) is 32.8 Å². The minimum atomic E-state index is 0.135. The van der Waals surface area contributed by atoms with Gasteiger partial charge in [-0.05, 0) is 37.8 Å². The molecule has 4 nitrogen and oxygen atoms in total. The molecule has 0 saturated carbocycles. The van der Waals surface area contributed by atoms with Gasteiger partial charge in [0.1, 0.15) is 0 Å². The zero-order valence-electron chi connectivity index (χ0n) is 11.4. The van der Waals surface area contributed by atoms with Crippen molar-refractivity contribution in [3.05, 3.63) is 12.7 Å². The fourth-order valence-corrected chi connectivity index (χ4v) is 2.33. The molecule has 18 heavy (non-hydrogen) atoms.